The van der Waals surface area contributed by atoms with E-state index in [2.05, 4.69) is 45.0 Å². The molecule has 1 unspecified atom stereocenters. The molecule has 1 heteroatoms. The predicted octanol–water partition coefficient (Wildman–Crippen LogP) is 4.29. The van der Waals surface area contributed by atoms with E-state index in [1.807, 2.05) is 0 Å². The predicted molar refractivity (Wildman–Crippen MR) is 83.3 cm³/mol. The highest BCUT2D eigenvalue weighted by molar-refractivity contribution is 5.27. The van der Waals surface area contributed by atoms with Crippen LogP contribution in [0.2, 0.25) is 0 Å². The van der Waals surface area contributed by atoms with Gasteiger partial charge in [-0.2, -0.15) is 0 Å². The molecule has 1 nitrogen and oxygen atoms in total. The minimum atomic E-state index is 0.247. The molecule has 1 fully saturated rings. The molecule has 0 saturated heterocycles. The maximum Gasteiger partial charge on any atom is -0.00430 e. The van der Waals surface area contributed by atoms with Crippen molar-refractivity contribution < 1.29 is 0 Å². The van der Waals surface area contributed by atoms with Gasteiger partial charge in [0.15, 0.2) is 0 Å². The van der Waals surface area contributed by atoms with Crippen molar-refractivity contribution in [1.82, 2.24) is 0 Å². The molecule has 0 radical (unpaired) electrons. The summed E-state index contributed by atoms with van der Waals surface area (Å²) in [5.74, 6) is 1.55. The van der Waals surface area contributed by atoms with Crippen LogP contribution in [0, 0.1) is 11.8 Å². The summed E-state index contributed by atoms with van der Waals surface area (Å²) in [6, 6.07) is 9.19. The van der Waals surface area contributed by atoms with Crippen LogP contribution in [0.5, 0.6) is 0 Å². The largest absolute Gasteiger partial charge is 0.330 e. The fourth-order valence-electron chi connectivity index (χ4n) is 3.31. The van der Waals surface area contributed by atoms with Crippen LogP contribution in [0.25, 0.3) is 0 Å². The molecule has 1 aromatic rings. The molecule has 0 heterocycles. The fraction of sp³-hybridized carbons (Fsp3) is 0.667. The quantitative estimate of drug-likeness (QED) is 0.857. The zero-order valence-electron chi connectivity index (χ0n) is 12.8. The van der Waals surface area contributed by atoms with Crippen molar-refractivity contribution in [1.29, 1.82) is 0 Å². The summed E-state index contributed by atoms with van der Waals surface area (Å²) in [6.45, 7) is 7.64. The summed E-state index contributed by atoms with van der Waals surface area (Å²) >= 11 is 0. The Morgan fingerprint density at radius 3 is 2.16 bits per heavy atom. The first-order chi connectivity index (χ1) is 9.00. The first kappa shape index (κ1) is 14.6. The van der Waals surface area contributed by atoms with Crippen LogP contribution >= 0.6 is 0 Å². The Morgan fingerprint density at radius 1 is 1.11 bits per heavy atom. The summed E-state index contributed by atoms with van der Waals surface area (Å²) < 4.78 is 0. The Morgan fingerprint density at radius 2 is 1.68 bits per heavy atom. The molecule has 0 spiro atoms. The van der Waals surface area contributed by atoms with E-state index in [-0.39, 0.29) is 5.41 Å². The van der Waals surface area contributed by atoms with Crippen LogP contribution in [0.1, 0.15) is 57.6 Å². The molecule has 2 rings (SSSR count). The van der Waals surface area contributed by atoms with Crippen molar-refractivity contribution in [2.45, 2.75) is 58.3 Å². The Balaban J connectivity index is 2.01. The van der Waals surface area contributed by atoms with Gasteiger partial charge < -0.3 is 5.73 Å². The number of nitrogens with two attached hydrogens (primary N) is 1. The molecule has 0 aliphatic heterocycles. The summed E-state index contributed by atoms with van der Waals surface area (Å²) in [5.41, 5.74) is 9.12. The third-order valence-electron chi connectivity index (χ3n) is 4.69. The molecule has 1 atom stereocenters. The first-order valence-corrected chi connectivity index (χ1v) is 7.80. The molecule has 19 heavy (non-hydrogen) atoms. The Hall–Kier alpha value is -0.820. The van der Waals surface area contributed by atoms with Gasteiger partial charge in [0, 0.05) is 0 Å². The van der Waals surface area contributed by atoms with Crippen LogP contribution in [0.4, 0.5) is 0 Å². The molecule has 1 saturated carbocycles. The van der Waals surface area contributed by atoms with Crippen LogP contribution < -0.4 is 5.73 Å². The zero-order chi connectivity index (χ0) is 13.9. The molecule has 1 aromatic carbocycles. The van der Waals surface area contributed by atoms with E-state index in [0.717, 1.165) is 18.9 Å². The molecule has 1 aliphatic rings. The van der Waals surface area contributed by atoms with E-state index in [4.69, 9.17) is 5.73 Å². The topological polar surface area (TPSA) is 26.0 Å². The molecule has 0 aromatic heterocycles. The van der Waals surface area contributed by atoms with Gasteiger partial charge in [-0.15, -0.1) is 0 Å². The van der Waals surface area contributed by atoms with Crippen LogP contribution in [-0.2, 0) is 11.8 Å². The molecule has 106 valence electrons. The van der Waals surface area contributed by atoms with E-state index in [0.29, 0.717) is 5.92 Å². The van der Waals surface area contributed by atoms with Gasteiger partial charge in [-0.25, -0.2) is 0 Å². The van der Waals surface area contributed by atoms with Crippen molar-refractivity contribution in [3.05, 3.63) is 35.4 Å². The summed E-state index contributed by atoms with van der Waals surface area (Å²) in [5, 5.41) is 0. The molecular formula is C18H29N. The minimum absolute atomic E-state index is 0.247. The second kappa shape index (κ2) is 6.09. The van der Waals surface area contributed by atoms with Crippen LogP contribution in [0.3, 0.4) is 0 Å². The third kappa shape index (κ3) is 3.82. The zero-order valence-corrected chi connectivity index (χ0v) is 12.8. The van der Waals surface area contributed by atoms with E-state index < -0.39 is 0 Å². The molecular weight excluding hydrogens is 230 g/mol. The van der Waals surface area contributed by atoms with Gasteiger partial charge in [0.05, 0.1) is 0 Å². The summed E-state index contributed by atoms with van der Waals surface area (Å²) in [4.78, 5) is 0. The Labute approximate surface area is 118 Å². The van der Waals surface area contributed by atoms with Crippen molar-refractivity contribution in [2.75, 3.05) is 6.54 Å². The van der Waals surface area contributed by atoms with Gasteiger partial charge in [0.2, 0.25) is 0 Å². The number of benzene rings is 1. The SMILES string of the molecule is CC(C)(C)c1ccc(CC(CN)C2CCCC2)cc1. The fourth-order valence-corrected chi connectivity index (χ4v) is 3.31. The summed E-state index contributed by atoms with van der Waals surface area (Å²) in [6.07, 6.45) is 6.75. The first-order valence-electron chi connectivity index (χ1n) is 7.80. The average molecular weight is 259 g/mol. The number of hydrogen-bond acceptors (Lipinski definition) is 1. The highest BCUT2D eigenvalue weighted by Gasteiger charge is 2.24. The lowest BCUT2D eigenvalue weighted by molar-refractivity contribution is 0.344. The van der Waals surface area contributed by atoms with Gasteiger partial charge in [0.1, 0.15) is 0 Å². The normalized spacial score (nSPS) is 18.7. The molecule has 0 bridgehead atoms. The lowest BCUT2D eigenvalue weighted by Crippen LogP contribution is -2.24. The molecule has 1 aliphatic carbocycles. The van der Waals surface area contributed by atoms with Gasteiger partial charge in [0.25, 0.3) is 0 Å². The van der Waals surface area contributed by atoms with E-state index in [9.17, 15) is 0 Å². The Bertz CT molecular complexity index is 379. The lowest BCUT2D eigenvalue weighted by Gasteiger charge is -2.23. The third-order valence-corrected chi connectivity index (χ3v) is 4.69. The number of rotatable bonds is 4. The average Bonchev–Trinajstić information content (AvgIpc) is 2.89. The highest BCUT2D eigenvalue weighted by Crippen LogP contribution is 2.33. The van der Waals surface area contributed by atoms with Gasteiger partial charge in [-0.05, 0) is 41.3 Å². The monoisotopic (exact) mass is 259 g/mol. The van der Waals surface area contributed by atoms with E-state index in [1.54, 1.807) is 0 Å². The van der Waals surface area contributed by atoms with Crippen molar-refractivity contribution in [2.24, 2.45) is 17.6 Å². The van der Waals surface area contributed by atoms with Gasteiger partial charge in [-0.3, -0.25) is 0 Å². The standard InChI is InChI=1S/C18H29N/c1-18(2,3)17-10-8-14(9-11-17)12-16(13-19)15-6-4-5-7-15/h8-11,15-16H,4-7,12-13,19H2,1-3H3. The lowest BCUT2D eigenvalue weighted by atomic mass is 9.83. The van der Waals surface area contributed by atoms with Gasteiger partial charge >= 0.3 is 0 Å². The molecule has 0 amide bonds. The van der Waals surface area contributed by atoms with E-state index >= 15 is 0 Å². The minimum Gasteiger partial charge on any atom is -0.330 e. The van der Waals surface area contributed by atoms with Crippen LogP contribution in [0.15, 0.2) is 24.3 Å². The van der Waals surface area contributed by atoms with Crippen LogP contribution in [-0.4, -0.2) is 6.54 Å². The highest BCUT2D eigenvalue weighted by atomic mass is 14.6. The Kier molecular flexibility index (Phi) is 4.67. The number of hydrogen-bond donors (Lipinski definition) is 1. The summed E-state index contributed by atoms with van der Waals surface area (Å²) in [7, 11) is 0. The van der Waals surface area contributed by atoms with Gasteiger partial charge in [-0.1, -0.05) is 70.7 Å². The second-order valence-corrected chi connectivity index (χ2v) is 7.19. The maximum absolute atomic E-state index is 6.00. The smallest absolute Gasteiger partial charge is 0.00430 e. The van der Waals surface area contributed by atoms with Crippen molar-refractivity contribution >= 4 is 0 Å². The maximum atomic E-state index is 6.00. The van der Waals surface area contributed by atoms with Crippen molar-refractivity contribution in [3.8, 4) is 0 Å². The molecule has 2 N–H and O–H groups in total. The second-order valence-electron chi connectivity index (χ2n) is 7.19. The van der Waals surface area contributed by atoms with Crippen molar-refractivity contribution in [3.63, 3.8) is 0 Å². The van der Waals surface area contributed by atoms with E-state index in [1.165, 1.54) is 36.8 Å².